The van der Waals surface area contributed by atoms with Crippen LogP contribution in [-0.4, -0.2) is 80.7 Å². The first-order valence-electron chi connectivity index (χ1n) is 16.6. The van der Waals surface area contributed by atoms with E-state index >= 15 is 0 Å². The van der Waals surface area contributed by atoms with Crippen LogP contribution in [0.2, 0.25) is 0 Å². The van der Waals surface area contributed by atoms with Crippen LogP contribution < -0.4 is 16.0 Å². The lowest BCUT2D eigenvalue weighted by Crippen LogP contribution is -2.57. The molecule has 1 unspecified atom stereocenters. The minimum atomic E-state index is -0.942. The van der Waals surface area contributed by atoms with E-state index in [9.17, 15) is 24.0 Å². The topological polar surface area (TPSA) is 176 Å². The lowest BCUT2D eigenvalue weighted by Gasteiger charge is -2.31. The number of unbranched alkanes of at least 4 members (excludes halogenated alkanes) is 2. The summed E-state index contributed by atoms with van der Waals surface area (Å²) in [5.74, 6) is -2.28. The Bertz CT molecular complexity index is 1540. The van der Waals surface area contributed by atoms with Gasteiger partial charge in [-0.2, -0.15) is 0 Å². The van der Waals surface area contributed by atoms with Gasteiger partial charge in [0.25, 0.3) is 11.8 Å². The van der Waals surface area contributed by atoms with E-state index in [0.29, 0.717) is 50.0 Å². The molecule has 4 rings (SSSR count). The molecule has 3 atom stereocenters. The molecule has 0 aliphatic carbocycles. The number of pyridine rings is 1. The summed E-state index contributed by atoms with van der Waals surface area (Å²) in [7, 11) is 0. The van der Waals surface area contributed by atoms with Gasteiger partial charge in [-0.3, -0.25) is 29.0 Å². The molecule has 3 aromatic rings. The first kappa shape index (κ1) is 35.9. The molecular formula is C35H45N7O6. The maximum absolute atomic E-state index is 13.7. The molecule has 256 valence electrons. The van der Waals surface area contributed by atoms with E-state index in [1.165, 1.54) is 4.90 Å². The van der Waals surface area contributed by atoms with Gasteiger partial charge in [-0.05, 0) is 61.8 Å². The van der Waals surface area contributed by atoms with E-state index in [1.54, 1.807) is 50.4 Å². The van der Waals surface area contributed by atoms with Crippen LogP contribution in [-0.2, 0) is 14.4 Å². The molecule has 3 N–H and O–H groups in total. The molecule has 1 aromatic carbocycles. The van der Waals surface area contributed by atoms with Crippen molar-refractivity contribution in [2.24, 2.45) is 11.8 Å². The van der Waals surface area contributed by atoms with Gasteiger partial charge < -0.3 is 25.3 Å². The second-order valence-corrected chi connectivity index (χ2v) is 12.6. The molecule has 0 bridgehead atoms. The van der Waals surface area contributed by atoms with Crippen LogP contribution in [0.15, 0.2) is 59.1 Å². The summed E-state index contributed by atoms with van der Waals surface area (Å²) in [5, 5.41) is 16.4. The number of Topliss-reactive ketones (excluding diaryl/α,β-unsaturated/α-hetero) is 1. The molecule has 2 aromatic heterocycles. The monoisotopic (exact) mass is 659 g/mol. The Kier molecular flexibility index (Phi) is 12.9. The van der Waals surface area contributed by atoms with Crippen LogP contribution >= 0.6 is 0 Å². The average molecular weight is 660 g/mol. The minimum Gasteiger partial charge on any atom is -0.414 e. The number of ketones is 1. The van der Waals surface area contributed by atoms with Crippen molar-refractivity contribution < 1.29 is 28.4 Å². The number of amides is 4. The third-order valence-corrected chi connectivity index (χ3v) is 8.25. The predicted octanol–water partition coefficient (Wildman–Crippen LogP) is 3.58. The molecule has 0 saturated carbocycles. The molecule has 3 heterocycles. The minimum absolute atomic E-state index is 0.201. The van der Waals surface area contributed by atoms with Crippen molar-refractivity contribution in [2.45, 2.75) is 84.3 Å². The van der Waals surface area contributed by atoms with E-state index in [1.807, 2.05) is 32.0 Å². The molecule has 1 aliphatic rings. The molecule has 0 spiro atoms. The molecule has 13 heteroatoms. The van der Waals surface area contributed by atoms with Crippen molar-refractivity contribution in [1.82, 2.24) is 36.0 Å². The van der Waals surface area contributed by atoms with Crippen LogP contribution in [0, 0.1) is 11.8 Å². The van der Waals surface area contributed by atoms with Gasteiger partial charge in [0, 0.05) is 31.3 Å². The maximum atomic E-state index is 13.7. The van der Waals surface area contributed by atoms with Crippen LogP contribution in [0.3, 0.4) is 0 Å². The maximum Gasteiger partial charge on any atom is 0.286 e. The summed E-state index contributed by atoms with van der Waals surface area (Å²) in [6, 6.07) is 11.7. The number of benzene rings is 1. The predicted molar refractivity (Wildman–Crippen MR) is 177 cm³/mol. The smallest absolute Gasteiger partial charge is 0.286 e. The molecule has 1 aliphatic heterocycles. The highest BCUT2D eigenvalue weighted by atomic mass is 16.4. The van der Waals surface area contributed by atoms with Gasteiger partial charge in [-0.1, -0.05) is 58.4 Å². The largest absolute Gasteiger partial charge is 0.414 e. The molecule has 48 heavy (non-hydrogen) atoms. The number of hydrogen-bond donors (Lipinski definition) is 3. The zero-order valence-corrected chi connectivity index (χ0v) is 28.0. The summed E-state index contributed by atoms with van der Waals surface area (Å²) < 4.78 is 5.65. The quantitative estimate of drug-likeness (QED) is 0.153. The number of carbonyl (C=O) groups excluding carboxylic acids is 5. The first-order valence-corrected chi connectivity index (χ1v) is 16.6. The third-order valence-electron chi connectivity index (χ3n) is 8.25. The zero-order valence-electron chi connectivity index (χ0n) is 28.0. The van der Waals surface area contributed by atoms with Crippen molar-refractivity contribution in [3.8, 4) is 11.5 Å². The van der Waals surface area contributed by atoms with Gasteiger partial charge in [0.2, 0.25) is 29.4 Å². The fraction of sp³-hybridized carbons (Fsp3) is 0.486. The summed E-state index contributed by atoms with van der Waals surface area (Å²) in [6.45, 7) is 8.13. The van der Waals surface area contributed by atoms with Gasteiger partial charge >= 0.3 is 0 Å². The van der Waals surface area contributed by atoms with E-state index in [0.717, 1.165) is 6.42 Å². The highest BCUT2D eigenvalue weighted by molar-refractivity contribution is 6.00. The Morgan fingerprint density at radius 2 is 1.60 bits per heavy atom. The number of carbonyl (C=O) groups is 5. The van der Waals surface area contributed by atoms with Crippen molar-refractivity contribution in [1.29, 1.82) is 0 Å². The van der Waals surface area contributed by atoms with Gasteiger partial charge in [0.05, 0.1) is 6.04 Å². The summed E-state index contributed by atoms with van der Waals surface area (Å²) >= 11 is 0. The Morgan fingerprint density at radius 3 is 2.29 bits per heavy atom. The van der Waals surface area contributed by atoms with Crippen LogP contribution in [0.4, 0.5) is 0 Å². The number of rotatable bonds is 16. The second kappa shape index (κ2) is 17.3. The number of nitrogens with zero attached hydrogens (tertiary/aromatic N) is 4. The first-order chi connectivity index (χ1) is 23.1. The second-order valence-electron chi connectivity index (χ2n) is 12.6. The summed E-state index contributed by atoms with van der Waals surface area (Å²) in [6.07, 6.45) is 4.85. The molecular weight excluding hydrogens is 614 g/mol. The van der Waals surface area contributed by atoms with Crippen LogP contribution in [0.25, 0.3) is 11.5 Å². The fourth-order valence-electron chi connectivity index (χ4n) is 5.56. The molecule has 4 amide bonds. The standard InChI is InChI=1S/C35H45N7O6/c1-22(2)28(30(44)34-41-40-33(48-34)24-14-7-5-8-15-24)39-32(46)26-17-13-21-42(26)35(47)29(23(3)4)38-27(43)18-9-6-11-20-37-31(45)25-16-10-12-19-36-25/h5,7-8,10,12,14-16,19,22-23,26,28-29H,6,9,11,13,17-18,20-21H2,1-4H3,(H,37,45)(H,38,43)(H,39,46)/t26?,28-,29-/m0/s1. The number of aromatic nitrogens is 3. The normalized spacial score (nSPS) is 15.6. The van der Waals surface area contributed by atoms with E-state index < -0.39 is 29.8 Å². The van der Waals surface area contributed by atoms with E-state index in [-0.39, 0.29) is 47.8 Å². The average Bonchev–Trinajstić information content (AvgIpc) is 3.79. The molecule has 13 nitrogen and oxygen atoms in total. The Hall–Kier alpha value is -4.94. The number of nitrogens with one attached hydrogen (secondary N) is 3. The van der Waals surface area contributed by atoms with Crippen molar-refractivity contribution in [3.05, 3.63) is 66.3 Å². The lowest BCUT2D eigenvalue weighted by molar-refractivity contribution is -0.142. The Morgan fingerprint density at radius 1 is 0.875 bits per heavy atom. The highest BCUT2D eigenvalue weighted by Crippen LogP contribution is 2.23. The highest BCUT2D eigenvalue weighted by Gasteiger charge is 2.40. The van der Waals surface area contributed by atoms with E-state index in [4.69, 9.17) is 4.42 Å². The number of hydrogen-bond acceptors (Lipinski definition) is 9. The van der Waals surface area contributed by atoms with Gasteiger partial charge in [-0.25, -0.2) is 0 Å². The van der Waals surface area contributed by atoms with Gasteiger partial charge in [0.1, 0.15) is 17.8 Å². The molecule has 1 fully saturated rings. The van der Waals surface area contributed by atoms with Gasteiger partial charge in [-0.15, -0.1) is 10.2 Å². The fourth-order valence-corrected chi connectivity index (χ4v) is 5.56. The Labute approximate surface area is 280 Å². The molecule has 0 radical (unpaired) electrons. The van der Waals surface area contributed by atoms with Crippen molar-refractivity contribution in [3.63, 3.8) is 0 Å². The molecule has 1 saturated heterocycles. The van der Waals surface area contributed by atoms with E-state index in [2.05, 4.69) is 31.1 Å². The zero-order chi connectivity index (χ0) is 34.6. The van der Waals surface area contributed by atoms with Crippen LogP contribution in [0.1, 0.15) is 87.4 Å². The summed E-state index contributed by atoms with van der Waals surface area (Å²) in [5.41, 5.74) is 1.03. The Balaban J connectivity index is 1.28. The summed E-state index contributed by atoms with van der Waals surface area (Å²) in [4.78, 5) is 71.2. The lowest BCUT2D eigenvalue weighted by atomic mass is 9.98. The number of likely N-dealkylation sites (tertiary alicyclic amines) is 1. The third kappa shape index (κ3) is 9.55. The van der Waals surface area contributed by atoms with Gasteiger partial charge in [0.15, 0.2) is 0 Å². The van der Waals surface area contributed by atoms with Crippen molar-refractivity contribution in [2.75, 3.05) is 13.1 Å². The van der Waals surface area contributed by atoms with Crippen LogP contribution in [0.5, 0.6) is 0 Å². The SMILES string of the molecule is CC(C)[C@H](NC(=O)C1CCCN1C(=O)[C@@H](NC(=O)CCCCCNC(=O)c1ccccn1)C(C)C)C(=O)c1nnc(-c2ccccc2)o1. The van der Waals surface area contributed by atoms with Crippen molar-refractivity contribution >= 4 is 29.4 Å².